The fourth-order valence-electron chi connectivity index (χ4n) is 2.55. The lowest BCUT2D eigenvalue weighted by Gasteiger charge is -2.18. The smallest absolute Gasteiger partial charge is 0.119 e. The van der Waals surface area contributed by atoms with Crippen molar-refractivity contribution in [3.05, 3.63) is 64.7 Å². The van der Waals surface area contributed by atoms with Gasteiger partial charge < -0.3 is 4.74 Å². The van der Waals surface area contributed by atoms with E-state index in [0.717, 1.165) is 30.0 Å². The average Bonchev–Trinajstić information content (AvgIpc) is 2.46. The Morgan fingerprint density at radius 2 is 2.00 bits per heavy atom. The molecule has 0 bridgehead atoms. The van der Waals surface area contributed by atoms with E-state index in [4.69, 9.17) is 9.73 Å². The Balaban J connectivity index is 2.09. The summed E-state index contributed by atoms with van der Waals surface area (Å²) >= 11 is 0. The van der Waals surface area contributed by atoms with Crippen molar-refractivity contribution in [1.29, 1.82) is 0 Å². The Morgan fingerprint density at radius 3 is 2.84 bits per heavy atom. The van der Waals surface area contributed by atoms with Crippen molar-refractivity contribution in [3.63, 3.8) is 0 Å². The van der Waals surface area contributed by atoms with E-state index in [-0.39, 0.29) is 0 Å². The zero-order valence-electron chi connectivity index (χ0n) is 11.3. The molecule has 0 aliphatic carbocycles. The summed E-state index contributed by atoms with van der Waals surface area (Å²) in [5.41, 5.74) is 6.17. The largest absolute Gasteiger partial charge is 0.497 e. The van der Waals surface area contributed by atoms with Crippen LogP contribution in [0.5, 0.6) is 5.75 Å². The molecule has 2 aromatic rings. The predicted molar refractivity (Wildman–Crippen MR) is 78.4 cm³/mol. The highest BCUT2D eigenvalue weighted by molar-refractivity contribution is 6.14. The fraction of sp³-hybridized carbons (Fsp3) is 0.235. The molecule has 0 amide bonds. The van der Waals surface area contributed by atoms with Gasteiger partial charge in [0.2, 0.25) is 0 Å². The van der Waals surface area contributed by atoms with Crippen molar-refractivity contribution in [1.82, 2.24) is 0 Å². The highest BCUT2D eigenvalue weighted by atomic mass is 16.5. The first-order valence-electron chi connectivity index (χ1n) is 6.57. The van der Waals surface area contributed by atoms with E-state index in [9.17, 15) is 0 Å². The van der Waals surface area contributed by atoms with E-state index >= 15 is 0 Å². The molecule has 0 fully saturated rings. The van der Waals surface area contributed by atoms with Crippen molar-refractivity contribution in [2.75, 3.05) is 13.7 Å². The molecule has 1 aliphatic heterocycles. The minimum Gasteiger partial charge on any atom is -0.497 e. The second-order valence-electron chi connectivity index (χ2n) is 4.87. The summed E-state index contributed by atoms with van der Waals surface area (Å²) in [6, 6.07) is 14.7. The molecule has 0 spiro atoms. The van der Waals surface area contributed by atoms with Gasteiger partial charge >= 0.3 is 0 Å². The lowest BCUT2D eigenvalue weighted by molar-refractivity contribution is 0.414. The molecule has 1 heterocycles. The standard InChI is InChI=1S/C17H17NO/c1-12-6-7-16-13(10-12)8-9-18-17(16)14-4-3-5-15(11-14)19-2/h3-7,10-11H,8-9H2,1-2H3. The molecular formula is C17H17NO. The second-order valence-corrected chi connectivity index (χ2v) is 4.87. The number of hydrogen-bond acceptors (Lipinski definition) is 2. The quantitative estimate of drug-likeness (QED) is 0.801. The molecular weight excluding hydrogens is 234 g/mol. The van der Waals surface area contributed by atoms with Crippen molar-refractivity contribution in [2.45, 2.75) is 13.3 Å². The minimum absolute atomic E-state index is 0.864. The molecule has 0 saturated carbocycles. The molecule has 19 heavy (non-hydrogen) atoms. The monoisotopic (exact) mass is 251 g/mol. The van der Waals surface area contributed by atoms with Gasteiger partial charge in [0.25, 0.3) is 0 Å². The summed E-state index contributed by atoms with van der Waals surface area (Å²) in [5, 5.41) is 0. The maximum atomic E-state index is 5.30. The van der Waals surface area contributed by atoms with Gasteiger partial charge in [0.15, 0.2) is 0 Å². The minimum atomic E-state index is 0.864. The van der Waals surface area contributed by atoms with Crippen LogP contribution >= 0.6 is 0 Å². The Morgan fingerprint density at radius 1 is 1.11 bits per heavy atom. The highest BCUT2D eigenvalue weighted by Gasteiger charge is 2.15. The summed E-state index contributed by atoms with van der Waals surface area (Å²) in [6.07, 6.45) is 1.03. The number of hydrogen-bond donors (Lipinski definition) is 0. The summed E-state index contributed by atoms with van der Waals surface area (Å²) in [5.74, 6) is 0.874. The summed E-state index contributed by atoms with van der Waals surface area (Å²) in [7, 11) is 1.69. The van der Waals surface area contributed by atoms with Crippen LogP contribution in [0, 0.1) is 6.92 Å². The second kappa shape index (κ2) is 4.88. The normalized spacial score (nSPS) is 13.7. The maximum Gasteiger partial charge on any atom is 0.119 e. The maximum absolute atomic E-state index is 5.30. The van der Waals surface area contributed by atoms with E-state index in [1.54, 1.807) is 7.11 Å². The van der Waals surface area contributed by atoms with Crippen LogP contribution in [0.1, 0.15) is 22.3 Å². The number of aliphatic imine (C=N–C) groups is 1. The molecule has 2 heteroatoms. The number of aryl methyl sites for hydroxylation is 1. The number of benzene rings is 2. The third kappa shape index (κ3) is 2.26. The highest BCUT2D eigenvalue weighted by Crippen LogP contribution is 2.23. The third-order valence-electron chi connectivity index (χ3n) is 3.51. The molecule has 0 N–H and O–H groups in total. The Labute approximate surface area is 113 Å². The summed E-state index contributed by atoms with van der Waals surface area (Å²) in [4.78, 5) is 4.71. The first-order valence-corrected chi connectivity index (χ1v) is 6.57. The van der Waals surface area contributed by atoms with Gasteiger partial charge in [-0.05, 0) is 31.0 Å². The zero-order valence-corrected chi connectivity index (χ0v) is 11.3. The molecule has 1 aliphatic rings. The van der Waals surface area contributed by atoms with Gasteiger partial charge in [0.05, 0.1) is 12.8 Å². The van der Waals surface area contributed by atoms with Crippen LogP contribution in [-0.4, -0.2) is 19.4 Å². The molecule has 2 aromatic carbocycles. The Bertz CT molecular complexity index is 643. The predicted octanol–water partition coefficient (Wildman–Crippen LogP) is 3.40. The van der Waals surface area contributed by atoms with Crippen LogP contribution in [0.15, 0.2) is 47.5 Å². The first kappa shape index (κ1) is 12.0. The summed E-state index contributed by atoms with van der Waals surface area (Å²) < 4.78 is 5.30. The number of fused-ring (bicyclic) bond motifs is 1. The molecule has 0 atom stereocenters. The van der Waals surface area contributed by atoms with Gasteiger partial charge in [0, 0.05) is 17.7 Å². The SMILES string of the molecule is COc1cccc(C2=NCCc3cc(C)ccc32)c1. The third-order valence-corrected chi connectivity index (χ3v) is 3.51. The van der Waals surface area contributed by atoms with Crippen LogP contribution in [-0.2, 0) is 6.42 Å². The van der Waals surface area contributed by atoms with Gasteiger partial charge in [-0.1, -0.05) is 35.9 Å². The van der Waals surface area contributed by atoms with Crippen LogP contribution in [0.25, 0.3) is 0 Å². The van der Waals surface area contributed by atoms with Crippen molar-refractivity contribution < 1.29 is 4.74 Å². The summed E-state index contributed by atoms with van der Waals surface area (Å²) in [6.45, 7) is 3.00. The first-order chi connectivity index (χ1) is 9.28. The molecule has 0 aromatic heterocycles. The van der Waals surface area contributed by atoms with Crippen molar-refractivity contribution in [3.8, 4) is 5.75 Å². The number of rotatable bonds is 2. The molecule has 0 unspecified atom stereocenters. The van der Waals surface area contributed by atoms with Gasteiger partial charge in [-0.25, -0.2) is 0 Å². The zero-order chi connectivity index (χ0) is 13.2. The molecule has 2 nitrogen and oxygen atoms in total. The number of methoxy groups -OCH3 is 1. The fourth-order valence-corrected chi connectivity index (χ4v) is 2.55. The van der Waals surface area contributed by atoms with E-state index in [1.165, 1.54) is 16.7 Å². The average molecular weight is 251 g/mol. The Hall–Kier alpha value is -2.09. The number of nitrogens with zero attached hydrogens (tertiary/aromatic N) is 1. The molecule has 3 rings (SSSR count). The Kier molecular flexibility index (Phi) is 3.08. The molecule has 0 saturated heterocycles. The van der Waals surface area contributed by atoms with Crippen molar-refractivity contribution in [2.24, 2.45) is 4.99 Å². The van der Waals surface area contributed by atoms with Gasteiger partial charge in [-0.3, -0.25) is 4.99 Å². The van der Waals surface area contributed by atoms with Crippen LogP contribution in [0.2, 0.25) is 0 Å². The van der Waals surface area contributed by atoms with E-state index in [0.29, 0.717) is 0 Å². The lowest BCUT2D eigenvalue weighted by atomic mass is 9.92. The topological polar surface area (TPSA) is 21.6 Å². The van der Waals surface area contributed by atoms with Crippen molar-refractivity contribution >= 4 is 5.71 Å². The van der Waals surface area contributed by atoms with Crippen LogP contribution < -0.4 is 4.74 Å². The number of ether oxygens (including phenoxy) is 1. The van der Waals surface area contributed by atoms with E-state index < -0.39 is 0 Å². The molecule has 96 valence electrons. The van der Waals surface area contributed by atoms with E-state index in [1.807, 2.05) is 18.2 Å². The van der Waals surface area contributed by atoms with Gasteiger partial charge in [-0.15, -0.1) is 0 Å². The van der Waals surface area contributed by atoms with Crippen LogP contribution in [0.4, 0.5) is 0 Å². The van der Waals surface area contributed by atoms with Gasteiger partial charge in [0.1, 0.15) is 5.75 Å². The van der Waals surface area contributed by atoms with Gasteiger partial charge in [-0.2, -0.15) is 0 Å². The van der Waals surface area contributed by atoms with E-state index in [2.05, 4.69) is 31.2 Å². The lowest BCUT2D eigenvalue weighted by Crippen LogP contribution is -2.14. The molecule has 0 radical (unpaired) electrons. The van der Waals surface area contributed by atoms with Crippen LogP contribution in [0.3, 0.4) is 0 Å².